The van der Waals surface area contributed by atoms with Crippen molar-refractivity contribution in [3.8, 4) is 11.5 Å². The van der Waals surface area contributed by atoms with Crippen LogP contribution in [0.2, 0.25) is 0 Å². The monoisotopic (exact) mass is 364 g/mol. The Bertz CT molecular complexity index is 977. The molecule has 2 aromatic rings. The van der Waals surface area contributed by atoms with Gasteiger partial charge < -0.3 is 19.5 Å². The number of aromatic nitrogens is 1. The van der Waals surface area contributed by atoms with Crippen molar-refractivity contribution in [2.45, 2.75) is 6.92 Å². The van der Waals surface area contributed by atoms with Gasteiger partial charge >= 0.3 is 0 Å². The fourth-order valence-electron chi connectivity index (χ4n) is 3.16. The minimum Gasteiger partial charge on any atom is -0.507 e. The summed E-state index contributed by atoms with van der Waals surface area (Å²) in [6, 6.07) is 7.40. The van der Waals surface area contributed by atoms with Crippen LogP contribution in [0.25, 0.3) is 5.76 Å². The minimum absolute atomic E-state index is 0.108. The Morgan fingerprint density at radius 3 is 2.67 bits per heavy atom. The van der Waals surface area contributed by atoms with Gasteiger partial charge in [-0.3, -0.25) is 9.98 Å². The van der Waals surface area contributed by atoms with E-state index in [2.05, 4.69) is 9.98 Å². The molecule has 0 aliphatic carbocycles. The van der Waals surface area contributed by atoms with Crippen LogP contribution in [0.5, 0.6) is 11.5 Å². The molecule has 7 heteroatoms. The van der Waals surface area contributed by atoms with E-state index in [1.54, 1.807) is 26.5 Å². The van der Waals surface area contributed by atoms with E-state index in [0.29, 0.717) is 36.0 Å². The average Bonchev–Trinajstić information content (AvgIpc) is 3.18. The van der Waals surface area contributed by atoms with Crippen molar-refractivity contribution in [3.63, 3.8) is 0 Å². The molecule has 138 valence electrons. The molecule has 0 saturated carbocycles. The lowest BCUT2D eigenvalue weighted by molar-refractivity contribution is 0.355. The molecular formula is C20H20N4O3. The topological polar surface area (TPSA) is 79.5 Å². The second-order valence-electron chi connectivity index (χ2n) is 6.27. The van der Waals surface area contributed by atoms with Gasteiger partial charge in [-0.2, -0.15) is 0 Å². The van der Waals surface area contributed by atoms with E-state index in [4.69, 9.17) is 14.5 Å². The van der Waals surface area contributed by atoms with E-state index in [0.717, 1.165) is 22.8 Å². The van der Waals surface area contributed by atoms with Gasteiger partial charge in [0.15, 0.2) is 11.5 Å². The lowest BCUT2D eigenvalue weighted by Gasteiger charge is -2.26. The molecule has 0 saturated heterocycles. The number of hydrogen-bond donors (Lipinski definition) is 1. The number of aliphatic hydroxyl groups is 1. The predicted molar refractivity (Wildman–Crippen MR) is 104 cm³/mol. The largest absolute Gasteiger partial charge is 0.507 e. The Balaban J connectivity index is 1.80. The molecule has 4 rings (SSSR count). The standard InChI is InChI=1S/C20H20N4O3/c1-12-4-5-13(11-22-12)16(25)10-19-23-15-9-18(27-3)17(26-2)8-14(15)20-21-6-7-24(19)20/h4-5,8-11,25H,6-7H2,1-3H3/b16-10-. The summed E-state index contributed by atoms with van der Waals surface area (Å²) in [4.78, 5) is 15.6. The van der Waals surface area contributed by atoms with Gasteiger partial charge in [-0.05, 0) is 25.1 Å². The highest BCUT2D eigenvalue weighted by Crippen LogP contribution is 2.38. The fourth-order valence-corrected chi connectivity index (χ4v) is 3.16. The Kier molecular flexibility index (Phi) is 4.27. The lowest BCUT2D eigenvalue weighted by Crippen LogP contribution is -2.36. The second-order valence-corrected chi connectivity index (χ2v) is 6.27. The molecular weight excluding hydrogens is 344 g/mol. The van der Waals surface area contributed by atoms with E-state index in [9.17, 15) is 5.11 Å². The summed E-state index contributed by atoms with van der Waals surface area (Å²) < 4.78 is 10.8. The second kappa shape index (κ2) is 6.75. The zero-order valence-electron chi connectivity index (χ0n) is 15.4. The van der Waals surface area contributed by atoms with Gasteiger partial charge in [0.1, 0.15) is 17.4 Å². The van der Waals surface area contributed by atoms with Crippen molar-refractivity contribution in [2.75, 3.05) is 27.3 Å². The number of aryl methyl sites for hydroxylation is 1. The first-order valence-electron chi connectivity index (χ1n) is 8.61. The summed E-state index contributed by atoms with van der Waals surface area (Å²) in [6.07, 6.45) is 3.29. The normalized spacial score (nSPS) is 15.7. The molecule has 1 aromatic carbocycles. The molecule has 0 amide bonds. The Hall–Kier alpha value is -3.35. The van der Waals surface area contributed by atoms with Gasteiger partial charge in [-0.1, -0.05) is 0 Å². The Morgan fingerprint density at radius 2 is 1.96 bits per heavy atom. The van der Waals surface area contributed by atoms with Crippen molar-refractivity contribution in [1.82, 2.24) is 9.88 Å². The van der Waals surface area contributed by atoms with Crippen LogP contribution in [0.3, 0.4) is 0 Å². The average molecular weight is 364 g/mol. The number of aliphatic imine (C=N–C) groups is 2. The molecule has 1 aromatic heterocycles. The van der Waals surface area contributed by atoms with Crippen LogP contribution in [0.15, 0.2) is 46.5 Å². The SMILES string of the molecule is COc1cc2c(cc1OC)C1=NCCN1C(/C=C(\O)c1ccc(C)nc1)=N2. The first kappa shape index (κ1) is 17.1. The number of nitrogens with zero attached hydrogens (tertiary/aromatic N) is 4. The number of ether oxygens (including phenoxy) is 2. The molecule has 3 heterocycles. The van der Waals surface area contributed by atoms with Crippen molar-refractivity contribution in [3.05, 3.63) is 53.4 Å². The van der Waals surface area contributed by atoms with Gasteiger partial charge in [-0.25, -0.2) is 4.99 Å². The molecule has 7 nitrogen and oxygen atoms in total. The minimum atomic E-state index is 0.108. The number of rotatable bonds is 4. The third-order valence-corrected chi connectivity index (χ3v) is 4.57. The van der Waals surface area contributed by atoms with Crippen LogP contribution in [0.4, 0.5) is 5.69 Å². The van der Waals surface area contributed by atoms with Gasteiger partial charge in [0.2, 0.25) is 0 Å². The molecule has 0 unspecified atom stereocenters. The molecule has 0 spiro atoms. The molecule has 0 fully saturated rings. The van der Waals surface area contributed by atoms with E-state index in [1.807, 2.05) is 36.1 Å². The highest BCUT2D eigenvalue weighted by molar-refractivity contribution is 6.20. The number of fused-ring (bicyclic) bond motifs is 3. The number of hydrogen-bond acceptors (Lipinski definition) is 7. The van der Waals surface area contributed by atoms with Gasteiger partial charge in [0.05, 0.1) is 26.5 Å². The number of aliphatic hydroxyl groups excluding tert-OH is 1. The fraction of sp³-hybridized carbons (Fsp3) is 0.250. The zero-order valence-corrected chi connectivity index (χ0v) is 15.4. The van der Waals surface area contributed by atoms with Crippen LogP contribution >= 0.6 is 0 Å². The van der Waals surface area contributed by atoms with Crippen molar-refractivity contribution in [1.29, 1.82) is 0 Å². The maximum Gasteiger partial charge on any atom is 0.162 e. The first-order chi connectivity index (χ1) is 13.1. The highest BCUT2D eigenvalue weighted by atomic mass is 16.5. The molecule has 0 bridgehead atoms. The van der Waals surface area contributed by atoms with E-state index in [-0.39, 0.29) is 5.76 Å². The number of methoxy groups -OCH3 is 2. The number of amidine groups is 2. The van der Waals surface area contributed by atoms with Crippen molar-refractivity contribution < 1.29 is 14.6 Å². The third-order valence-electron chi connectivity index (χ3n) is 4.57. The van der Waals surface area contributed by atoms with Gasteiger partial charge in [0, 0.05) is 41.7 Å². The predicted octanol–water partition coefficient (Wildman–Crippen LogP) is 3.11. The number of benzene rings is 1. The van der Waals surface area contributed by atoms with Crippen LogP contribution in [0, 0.1) is 6.92 Å². The maximum absolute atomic E-state index is 10.5. The zero-order chi connectivity index (χ0) is 19.0. The van der Waals surface area contributed by atoms with E-state index in [1.165, 1.54) is 0 Å². The molecule has 2 aliphatic rings. The van der Waals surface area contributed by atoms with Gasteiger partial charge in [0.25, 0.3) is 0 Å². The first-order valence-corrected chi connectivity index (χ1v) is 8.61. The van der Waals surface area contributed by atoms with E-state index >= 15 is 0 Å². The molecule has 0 atom stereocenters. The van der Waals surface area contributed by atoms with Crippen LogP contribution in [-0.2, 0) is 0 Å². The summed E-state index contributed by atoms with van der Waals surface area (Å²) >= 11 is 0. The molecule has 27 heavy (non-hydrogen) atoms. The van der Waals surface area contributed by atoms with Crippen LogP contribution < -0.4 is 9.47 Å². The van der Waals surface area contributed by atoms with Crippen LogP contribution in [-0.4, -0.2) is 54.0 Å². The maximum atomic E-state index is 10.5. The summed E-state index contributed by atoms with van der Waals surface area (Å²) in [7, 11) is 3.19. The van der Waals surface area contributed by atoms with E-state index < -0.39 is 0 Å². The Morgan fingerprint density at radius 1 is 1.19 bits per heavy atom. The number of pyridine rings is 1. The summed E-state index contributed by atoms with van der Waals surface area (Å²) in [5.41, 5.74) is 3.15. The summed E-state index contributed by atoms with van der Waals surface area (Å²) in [5.74, 6) is 2.79. The quantitative estimate of drug-likeness (QED) is 0.843. The Labute approximate surface area is 157 Å². The summed E-state index contributed by atoms with van der Waals surface area (Å²) in [5, 5.41) is 10.5. The highest BCUT2D eigenvalue weighted by Gasteiger charge is 2.30. The van der Waals surface area contributed by atoms with Crippen LogP contribution in [0.1, 0.15) is 16.8 Å². The molecule has 2 aliphatic heterocycles. The van der Waals surface area contributed by atoms with Crippen molar-refractivity contribution >= 4 is 23.1 Å². The smallest absolute Gasteiger partial charge is 0.162 e. The molecule has 1 N–H and O–H groups in total. The van der Waals surface area contributed by atoms with Crippen molar-refractivity contribution in [2.24, 2.45) is 9.98 Å². The molecule has 0 radical (unpaired) electrons. The lowest BCUT2D eigenvalue weighted by atomic mass is 10.1. The third kappa shape index (κ3) is 3.01. The summed E-state index contributed by atoms with van der Waals surface area (Å²) in [6.45, 7) is 3.28. The van der Waals surface area contributed by atoms with Gasteiger partial charge in [-0.15, -0.1) is 0 Å².